The maximum Gasteiger partial charge on any atom is 0.191 e. The van der Waals surface area contributed by atoms with Crippen molar-refractivity contribution in [1.29, 1.82) is 0 Å². The second-order valence-electron chi connectivity index (χ2n) is 4.61. The van der Waals surface area contributed by atoms with E-state index < -0.39 is 0 Å². The Morgan fingerprint density at radius 2 is 2.00 bits per heavy atom. The standard InChI is InChI=1S/C15H21N5S/c1-12-11-20-14(21-12)7-10-19-15(16-2)18-9-6-13-5-3-4-8-17-13/h3-5,8,11H,6-7,9-10H2,1-2H3,(H2,16,18,19). The summed E-state index contributed by atoms with van der Waals surface area (Å²) in [5.74, 6) is 0.819. The van der Waals surface area contributed by atoms with Crippen LogP contribution in [0.1, 0.15) is 15.6 Å². The number of aryl methyl sites for hydroxylation is 1. The molecule has 2 aromatic rings. The van der Waals surface area contributed by atoms with Crippen molar-refractivity contribution in [3.05, 3.63) is 46.2 Å². The fraction of sp³-hybridized carbons (Fsp3) is 0.400. The van der Waals surface area contributed by atoms with Crippen molar-refractivity contribution >= 4 is 17.3 Å². The van der Waals surface area contributed by atoms with E-state index in [9.17, 15) is 0 Å². The summed E-state index contributed by atoms with van der Waals surface area (Å²) in [5.41, 5.74) is 1.08. The highest BCUT2D eigenvalue weighted by Crippen LogP contribution is 2.10. The zero-order valence-electron chi connectivity index (χ0n) is 12.5. The molecule has 0 aliphatic carbocycles. The van der Waals surface area contributed by atoms with E-state index >= 15 is 0 Å². The van der Waals surface area contributed by atoms with E-state index in [0.717, 1.165) is 42.6 Å². The summed E-state index contributed by atoms with van der Waals surface area (Å²) in [5, 5.41) is 7.75. The van der Waals surface area contributed by atoms with Crippen LogP contribution in [0.2, 0.25) is 0 Å². The Kier molecular flexibility index (Phi) is 6.15. The Hall–Kier alpha value is -1.95. The van der Waals surface area contributed by atoms with Gasteiger partial charge in [-0.15, -0.1) is 11.3 Å². The van der Waals surface area contributed by atoms with E-state index in [-0.39, 0.29) is 0 Å². The number of thiazole rings is 1. The molecule has 5 nitrogen and oxygen atoms in total. The Balaban J connectivity index is 1.66. The molecule has 0 aliphatic heterocycles. The number of aliphatic imine (C=N–C) groups is 1. The summed E-state index contributed by atoms with van der Waals surface area (Å²) < 4.78 is 0. The van der Waals surface area contributed by atoms with E-state index in [4.69, 9.17) is 0 Å². The predicted octanol–water partition coefficient (Wildman–Crippen LogP) is 1.80. The van der Waals surface area contributed by atoms with Crippen molar-refractivity contribution in [1.82, 2.24) is 20.6 Å². The summed E-state index contributed by atoms with van der Waals surface area (Å²) >= 11 is 1.74. The van der Waals surface area contributed by atoms with Gasteiger partial charge in [0.15, 0.2) is 5.96 Å². The molecule has 2 N–H and O–H groups in total. The maximum absolute atomic E-state index is 4.35. The summed E-state index contributed by atoms with van der Waals surface area (Å²) in [6, 6.07) is 5.96. The molecule has 2 rings (SSSR count). The van der Waals surface area contributed by atoms with E-state index in [1.807, 2.05) is 30.6 Å². The minimum Gasteiger partial charge on any atom is -0.356 e. The van der Waals surface area contributed by atoms with Gasteiger partial charge in [-0.1, -0.05) is 6.07 Å². The highest BCUT2D eigenvalue weighted by Gasteiger charge is 2.01. The highest BCUT2D eigenvalue weighted by molar-refractivity contribution is 7.11. The van der Waals surface area contributed by atoms with Crippen molar-refractivity contribution in [2.24, 2.45) is 4.99 Å². The first-order valence-electron chi connectivity index (χ1n) is 7.03. The van der Waals surface area contributed by atoms with Crippen molar-refractivity contribution < 1.29 is 0 Å². The number of hydrogen-bond acceptors (Lipinski definition) is 4. The summed E-state index contributed by atoms with van der Waals surface area (Å²) in [7, 11) is 1.78. The van der Waals surface area contributed by atoms with Crippen molar-refractivity contribution in [3.63, 3.8) is 0 Å². The Morgan fingerprint density at radius 3 is 2.62 bits per heavy atom. The van der Waals surface area contributed by atoms with Gasteiger partial charge in [0.1, 0.15) is 0 Å². The van der Waals surface area contributed by atoms with Gasteiger partial charge in [0, 0.05) is 55.9 Å². The summed E-state index contributed by atoms with van der Waals surface area (Å²) in [6.07, 6.45) is 5.53. The molecule has 0 aromatic carbocycles. The lowest BCUT2D eigenvalue weighted by Gasteiger charge is -2.11. The molecule has 0 saturated heterocycles. The third-order valence-corrected chi connectivity index (χ3v) is 3.90. The minimum absolute atomic E-state index is 0.813. The molecule has 0 bridgehead atoms. The quantitative estimate of drug-likeness (QED) is 0.631. The molecule has 0 amide bonds. The number of nitrogens with zero attached hydrogens (tertiary/aromatic N) is 3. The van der Waals surface area contributed by atoms with Gasteiger partial charge in [-0.05, 0) is 19.1 Å². The molecule has 2 aromatic heterocycles. The molecule has 0 radical (unpaired) electrons. The Morgan fingerprint density at radius 1 is 1.19 bits per heavy atom. The van der Waals surface area contributed by atoms with Crippen LogP contribution in [0, 0.1) is 6.92 Å². The van der Waals surface area contributed by atoms with Crippen LogP contribution in [0.25, 0.3) is 0 Å². The molecule has 0 aliphatic rings. The van der Waals surface area contributed by atoms with Crippen LogP contribution >= 0.6 is 11.3 Å². The second-order valence-corrected chi connectivity index (χ2v) is 5.93. The molecule has 6 heteroatoms. The normalized spacial score (nSPS) is 11.4. The Labute approximate surface area is 129 Å². The molecular weight excluding hydrogens is 282 g/mol. The van der Waals surface area contributed by atoms with Gasteiger partial charge in [-0.25, -0.2) is 4.98 Å². The highest BCUT2D eigenvalue weighted by atomic mass is 32.1. The van der Waals surface area contributed by atoms with E-state index in [2.05, 4.69) is 32.5 Å². The van der Waals surface area contributed by atoms with Gasteiger partial charge >= 0.3 is 0 Å². The lowest BCUT2D eigenvalue weighted by atomic mass is 10.3. The van der Waals surface area contributed by atoms with Gasteiger partial charge in [0.2, 0.25) is 0 Å². The molecule has 0 saturated carbocycles. The monoisotopic (exact) mass is 303 g/mol. The van der Waals surface area contributed by atoms with Gasteiger partial charge in [-0.3, -0.25) is 9.98 Å². The molecule has 0 unspecified atom stereocenters. The van der Waals surface area contributed by atoms with Crippen molar-refractivity contribution in [2.45, 2.75) is 19.8 Å². The minimum atomic E-state index is 0.813. The molecule has 0 atom stereocenters. The van der Waals surface area contributed by atoms with E-state index in [0.29, 0.717) is 0 Å². The largest absolute Gasteiger partial charge is 0.356 e. The number of hydrogen-bond donors (Lipinski definition) is 2. The lowest BCUT2D eigenvalue weighted by Crippen LogP contribution is -2.39. The smallest absolute Gasteiger partial charge is 0.191 e. The van der Waals surface area contributed by atoms with Crippen LogP contribution in [-0.2, 0) is 12.8 Å². The molecule has 21 heavy (non-hydrogen) atoms. The molecule has 0 fully saturated rings. The fourth-order valence-corrected chi connectivity index (χ4v) is 2.67. The van der Waals surface area contributed by atoms with Gasteiger partial charge in [0.25, 0.3) is 0 Å². The molecule has 2 heterocycles. The third-order valence-electron chi connectivity index (χ3n) is 2.92. The zero-order valence-corrected chi connectivity index (χ0v) is 13.3. The zero-order chi connectivity index (χ0) is 14.9. The van der Waals surface area contributed by atoms with Gasteiger partial charge in [-0.2, -0.15) is 0 Å². The molecular formula is C15H21N5S. The fourth-order valence-electron chi connectivity index (χ4n) is 1.88. The van der Waals surface area contributed by atoms with E-state index in [1.54, 1.807) is 18.4 Å². The summed E-state index contributed by atoms with van der Waals surface area (Å²) in [6.45, 7) is 3.72. The average Bonchev–Trinajstić information content (AvgIpc) is 2.92. The maximum atomic E-state index is 4.35. The van der Waals surface area contributed by atoms with Gasteiger partial charge < -0.3 is 10.6 Å². The van der Waals surface area contributed by atoms with Crippen LogP contribution in [0.5, 0.6) is 0 Å². The van der Waals surface area contributed by atoms with Crippen LogP contribution < -0.4 is 10.6 Å². The van der Waals surface area contributed by atoms with Crippen LogP contribution in [0.3, 0.4) is 0 Å². The molecule has 0 spiro atoms. The number of pyridine rings is 1. The first kappa shape index (κ1) is 15.4. The SMILES string of the molecule is CN=C(NCCc1ccccn1)NCCc1ncc(C)s1. The van der Waals surface area contributed by atoms with Crippen molar-refractivity contribution in [3.8, 4) is 0 Å². The van der Waals surface area contributed by atoms with Crippen molar-refractivity contribution in [2.75, 3.05) is 20.1 Å². The number of guanidine groups is 1. The van der Waals surface area contributed by atoms with Gasteiger partial charge in [0.05, 0.1) is 5.01 Å². The summed E-state index contributed by atoms with van der Waals surface area (Å²) in [4.78, 5) is 14.1. The lowest BCUT2D eigenvalue weighted by molar-refractivity contribution is 0.774. The second kappa shape index (κ2) is 8.36. The first-order chi connectivity index (χ1) is 10.3. The Bertz CT molecular complexity index is 564. The van der Waals surface area contributed by atoms with Crippen LogP contribution in [0.4, 0.5) is 0 Å². The predicted molar refractivity (Wildman–Crippen MR) is 87.9 cm³/mol. The average molecular weight is 303 g/mol. The van der Waals surface area contributed by atoms with E-state index in [1.165, 1.54) is 4.88 Å². The first-order valence-corrected chi connectivity index (χ1v) is 7.85. The third kappa shape index (κ3) is 5.51. The number of aromatic nitrogens is 2. The van der Waals surface area contributed by atoms with Crippen LogP contribution in [0.15, 0.2) is 35.6 Å². The van der Waals surface area contributed by atoms with Crippen LogP contribution in [-0.4, -0.2) is 36.1 Å². The number of nitrogens with one attached hydrogen (secondary N) is 2. The topological polar surface area (TPSA) is 62.2 Å². The molecule has 112 valence electrons. The number of rotatable bonds is 6.